The van der Waals surface area contributed by atoms with Crippen LogP contribution in [0.5, 0.6) is 0 Å². The predicted octanol–water partition coefficient (Wildman–Crippen LogP) is -3.95. The summed E-state index contributed by atoms with van der Waals surface area (Å²) in [5.74, 6) is -1.67. The van der Waals surface area contributed by atoms with E-state index in [9.17, 15) is 39.5 Å². The van der Waals surface area contributed by atoms with Gasteiger partial charge in [-0.15, -0.1) is 0 Å². The molecule has 0 amide bonds. The molecule has 11 N–H and O–H groups in total. The first kappa shape index (κ1) is 28.7. The van der Waals surface area contributed by atoms with Crippen LogP contribution < -0.4 is 22.6 Å². The predicted molar refractivity (Wildman–Crippen MR) is 139 cm³/mol. The van der Waals surface area contributed by atoms with Gasteiger partial charge in [0.05, 0.1) is 19.5 Å². The van der Waals surface area contributed by atoms with E-state index in [-0.39, 0.29) is 34.2 Å². The summed E-state index contributed by atoms with van der Waals surface area (Å²) in [7, 11) is -5.16. The van der Waals surface area contributed by atoms with Crippen molar-refractivity contribution in [3.8, 4) is 0 Å². The van der Waals surface area contributed by atoms with Crippen molar-refractivity contribution < 1.29 is 48.4 Å². The quantitative estimate of drug-likeness (QED) is 0.0842. The Balaban J connectivity index is 1.23. The molecule has 0 saturated carbocycles. The molecule has 0 bridgehead atoms. The first-order valence-corrected chi connectivity index (χ1v) is 13.7. The maximum absolute atomic E-state index is 13.0. The van der Waals surface area contributed by atoms with Crippen molar-refractivity contribution in [3.05, 3.63) is 39.1 Å². The van der Waals surface area contributed by atoms with Crippen LogP contribution in [-0.2, 0) is 23.1 Å². The number of fused-ring (bicyclic) bond motifs is 2. The van der Waals surface area contributed by atoms with E-state index in [1.54, 1.807) is 0 Å². The Kier molecular flexibility index (Phi) is 6.94. The lowest BCUT2D eigenvalue weighted by molar-refractivity contribution is -0.0513. The molecular weight excluding hydrogens is 603 g/mol. The van der Waals surface area contributed by atoms with Crippen LogP contribution in [-0.4, -0.2) is 108 Å². The molecule has 0 spiro atoms. The number of aliphatic hydroxyl groups is 4. The van der Waals surface area contributed by atoms with E-state index in [1.807, 2.05) is 0 Å². The number of nitrogens with zero attached hydrogens (tertiary/aromatic N) is 6. The van der Waals surface area contributed by atoms with Gasteiger partial charge in [-0.1, -0.05) is 0 Å². The monoisotopic (exact) mass is 626 g/mol. The second-order valence-corrected chi connectivity index (χ2v) is 10.7. The number of aromatic nitrogens is 8. The maximum atomic E-state index is 13.0. The van der Waals surface area contributed by atoms with Gasteiger partial charge < -0.3 is 45.9 Å². The van der Waals surface area contributed by atoms with Gasteiger partial charge in [-0.05, 0) is 0 Å². The van der Waals surface area contributed by atoms with Crippen LogP contribution in [0.4, 0.5) is 11.9 Å². The van der Waals surface area contributed by atoms with Crippen molar-refractivity contribution in [3.63, 3.8) is 0 Å². The van der Waals surface area contributed by atoms with Crippen molar-refractivity contribution in [2.24, 2.45) is 0 Å². The van der Waals surface area contributed by atoms with E-state index < -0.39 is 80.5 Å². The molecule has 6 heterocycles. The van der Waals surface area contributed by atoms with Gasteiger partial charge in [-0.3, -0.25) is 33.5 Å². The molecule has 7 atom stereocenters. The van der Waals surface area contributed by atoms with Gasteiger partial charge >= 0.3 is 7.82 Å². The number of anilines is 2. The fourth-order valence-electron chi connectivity index (χ4n) is 4.59. The minimum atomic E-state index is -5.16. The van der Waals surface area contributed by atoms with Crippen LogP contribution in [0.3, 0.4) is 0 Å². The number of rotatable bonds is 8. The van der Waals surface area contributed by atoms with Crippen molar-refractivity contribution in [1.29, 1.82) is 0 Å². The van der Waals surface area contributed by atoms with E-state index in [2.05, 4.69) is 29.9 Å². The van der Waals surface area contributed by atoms with E-state index in [1.165, 1.54) is 0 Å². The fourth-order valence-corrected chi connectivity index (χ4v) is 5.41. The summed E-state index contributed by atoms with van der Waals surface area (Å²) in [6, 6.07) is 0. The van der Waals surface area contributed by atoms with Crippen molar-refractivity contribution in [2.45, 2.75) is 36.7 Å². The van der Waals surface area contributed by atoms with Gasteiger partial charge in [-0.2, -0.15) is 9.97 Å². The van der Waals surface area contributed by atoms with E-state index in [0.717, 1.165) is 21.8 Å². The number of nitrogen functional groups attached to an aromatic ring is 2. The molecule has 0 aliphatic carbocycles. The number of aliphatic hydroxyl groups excluding tert-OH is 4. The smallest absolute Gasteiger partial charge is 0.467 e. The lowest BCUT2D eigenvalue weighted by Crippen LogP contribution is -2.33. The van der Waals surface area contributed by atoms with Crippen LogP contribution in [0.25, 0.3) is 28.2 Å². The number of phosphoric acid groups is 1. The summed E-state index contributed by atoms with van der Waals surface area (Å²) < 4.78 is 36.3. The van der Waals surface area contributed by atoms with Gasteiger partial charge in [-0.25, -0.2) is 19.1 Å². The summed E-state index contributed by atoms with van der Waals surface area (Å²) in [6.45, 7) is -1.58. The molecule has 230 valence electrons. The van der Waals surface area contributed by atoms with Crippen molar-refractivity contribution in [1.82, 2.24) is 39.0 Å². The first-order chi connectivity index (χ1) is 20.4. The normalized spacial score (nSPS) is 27.2. The van der Waals surface area contributed by atoms with Gasteiger partial charge in [0, 0.05) is 0 Å². The number of phosphoric ester groups is 1. The first-order valence-electron chi connectivity index (χ1n) is 12.2. The van der Waals surface area contributed by atoms with Crippen molar-refractivity contribution >= 4 is 47.9 Å². The zero-order chi connectivity index (χ0) is 30.8. The molecular formula is C20H23N10O12P. The molecule has 1 saturated heterocycles. The Bertz CT molecular complexity index is 1920. The van der Waals surface area contributed by atoms with Gasteiger partial charge in [0.15, 0.2) is 40.8 Å². The average Bonchev–Trinajstić information content (AvgIpc) is 3.69. The maximum Gasteiger partial charge on any atom is 0.527 e. The Hall–Kier alpha value is -4.41. The lowest BCUT2D eigenvalue weighted by Gasteiger charge is -2.19. The van der Waals surface area contributed by atoms with Gasteiger partial charge in [0.1, 0.15) is 24.6 Å². The molecule has 22 nitrogen and oxygen atoms in total. The van der Waals surface area contributed by atoms with Crippen LogP contribution in [0.2, 0.25) is 0 Å². The highest BCUT2D eigenvalue weighted by Gasteiger charge is 2.47. The number of imidazole rings is 2. The summed E-state index contributed by atoms with van der Waals surface area (Å²) in [6.07, 6.45) is -7.06. The topological polar surface area (TPSA) is 334 Å². The molecule has 23 heteroatoms. The van der Waals surface area contributed by atoms with E-state index >= 15 is 0 Å². The summed E-state index contributed by atoms with van der Waals surface area (Å²) in [4.78, 5) is 54.9. The van der Waals surface area contributed by atoms with Gasteiger partial charge in [0.25, 0.3) is 11.1 Å². The number of H-pyrrole nitrogens is 2. The molecule has 4 aromatic rings. The SMILES string of the molecule is Nc1nc2c(ncn2C2=C(OP(=O)(O)OC[C@H]3O[C@@H](n4cnc5c(=O)[nH]c(N)nc54)[C@H](O)[C@@H]3O)[C@H](O)[C@@H](CO)O2)c(=O)[nH]1. The Labute approximate surface area is 236 Å². The van der Waals surface area contributed by atoms with E-state index in [0.29, 0.717) is 0 Å². The summed E-state index contributed by atoms with van der Waals surface area (Å²) in [5.41, 5.74) is 9.29. The zero-order valence-electron chi connectivity index (χ0n) is 21.4. The molecule has 1 fully saturated rings. The number of aromatic amines is 2. The van der Waals surface area contributed by atoms with E-state index in [4.69, 9.17) is 30.0 Å². The van der Waals surface area contributed by atoms with Gasteiger partial charge in [0.2, 0.25) is 23.5 Å². The number of hydrogen-bond donors (Lipinski definition) is 9. The van der Waals surface area contributed by atoms with Crippen molar-refractivity contribution in [2.75, 3.05) is 24.7 Å². The molecule has 43 heavy (non-hydrogen) atoms. The van der Waals surface area contributed by atoms with Crippen LogP contribution in [0.15, 0.2) is 28.0 Å². The summed E-state index contributed by atoms with van der Waals surface area (Å²) >= 11 is 0. The highest BCUT2D eigenvalue weighted by Crippen LogP contribution is 2.50. The zero-order valence-corrected chi connectivity index (χ0v) is 22.3. The fraction of sp³-hybridized carbons (Fsp3) is 0.400. The second-order valence-electron chi connectivity index (χ2n) is 9.37. The Morgan fingerprint density at radius 3 is 2.28 bits per heavy atom. The van der Waals surface area contributed by atoms with Crippen LogP contribution in [0, 0.1) is 0 Å². The number of nitrogens with one attached hydrogen (secondary N) is 2. The third-order valence-electron chi connectivity index (χ3n) is 6.60. The highest BCUT2D eigenvalue weighted by atomic mass is 31.2. The Morgan fingerprint density at radius 1 is 0.977 bits per heavy atom. The number of hydrogen-bond acceptors (Lipinski definition) is 17. The molecule has 0 aromatic carbocycles. The standard InChI is InChI=1S/C20H23N10O12P/c21-19-25-13-7(15(35)27-19)23-3-29(13)17-11(34)9(32)6(41-17)2-39-43(37,38)42-12-10(33)5(1-31)40-18(12)30-4-24-8-14(30)26-20(22)28-16(8)36/h3-6,9-11,17,31-34H,1-2H2,(H,37,38)(H3,21,25,27,35)(H3,22,26,28,36)/t5-,6-,9-,10-,11-,17-/m1/s1. The Morgan fingerprint density at radius 2 is 1.60 bits per heavy atom. The minimum Gasteiger partial charge on any atom is -0.467 e. The molecule has 0 radical (unpaired) electrons. The molecule has 4 aromatic heterocycles. The summed E-state index contributed by atoms with van der Waals surface area (Å²) in [5, 5.41) is 41.4. The second kappa shape index (κ2) is 10.4. The van der Waals surface area contributed by atoms with Crippen LogP contribution >= 0.6 is 7.82 Å². The molecule has 2 aliphatic heterocycles. The molecule has 1 unspecified atom stereocenters. The molecule has 2 aliphatic rings. The van der Waals surface area contributed by atoms with Crippen LogP contribution in [0.1, 0.15) is 6.23 Å². The third-order valence-corrected chi connectivity index (χ3v) is 7.50. The number of nitrogens with two attached hydrogens (primary N) is 2. The minimum absolute atomic E-state index is 0.0615. The third kappa shape index (κ3) is 4.90. The molecule has 6 rings (SSSR count). The highest BCUT2D eigenvalue weighted by molar-refractivity contribution is 7.47. The lowest BCUT2D eigenvalue weighted by atomic mass is 10.1. The average molecular weight is 626 g/mol. The largest absolute Gasteiger partial charge is 0.527 e. The number of ether oxygens (including phenoxy) is 2.